The molecule has 0 aliphatic heterocycles. The molecule has 3 nitrogen and oxygen atoms in total. The Labute approximate surface area is 84.9 Å². The average molecular weight is 213 g/mol. The third-order valence-electron chi connectivity index (χ3n) is 1.70. The Morgan fingerprint density at radius 2 is 2.29 bits per heavy atom. The predicted octanol–water partition coefficient (Wildman–Crippen LogP) is 1.70. The van der Waals surface area contributed by atoms with E-state index in [4.69, 9.17) is 22.6 Å². The third kappa shape index (κ3) is 1.68. The second kappa shape index (κ2) is 4.07. The highest BCUT2D eigenvalue weighted by atomic mass is 35.5. The van der Waals surface area contributed by atoms with E-state index in [-0.39, 0.29) is 22.7 Å². The van der Waals surface area contributed by atoms with Crippen LogP contribution in [0.3, 0.4) is 0 Å². The number of nitrogen functional groups attached to an aromatic ring is 1. The van der Waals surface area contributed by atoms with E-state index in [1.807, 2.05) is 0 Å². The van der Waals surface area contributed by atoms with Crippen molar-refractivity contribution in [2.45, 2.75) is 0 Å². The fraction of sp³-hybridized carbons (Fsp3) is 0.111. The highest BCUT2D eigenvalue weighted by molar-refractivity contribution is 6.30. The number of hydrogen-bond acceptors (Lipinski definition) is 3. The van der Waals surface area contributed by atoms with Crippen molar-refractivity contribution in [2.75, 3.05) is 11.6 Å². The van der Waals surface area contributed by atoms with E-state index in [1.54, 1.807) is 6.07 Å². The van der Waals surface area contributed by atoms with Crippen molar-refractivity contribution < 1.29 is 9.18 Å². The first-order valence-corrected chi connectivity index (χ1v) is 4.22. The van der Waals surface area contributed by atoms with Gasteiger partial charge in [0.1, 0.15) is 11.9 Å². The number of nitrogens with zero attached hydrogens (tertiary/aromatic N) is 1. The summed E-state index contributed by atoms with van der Waals surface area (Å²) in [5.41, 5.74) is 4.99. The Kier molecular flexibility index (Phi) is 3.05. The Hall–Kier alpha value is -1.60. The summed E-state index contributed by atoms with van der Waals surface area (Å²) < 4.78 is 13.2. The van der Waals surface area contributed by atoms with Gasteiger partial charge in [-0.2, -0.15) is 5.26 Å². The van der Waals surface area contributed by atoms with Gasteiger partial charge in [-0.15, -0.1) is 11.6 Å². The first-order chi connectivity index (χ1) is 6.61. The van der Waals surface area contributed by atoms with Crippen LogP contribution in [0.15, 0.2) is 12.1 Å². The molecule has 0 saturated heterocycles. The van der Waals surface area contributed by atoms with Crippen molar-refractivity contribution in [1.82, 2.24) is 0 Å². The van der Waals surface area contributed by atoms with Crippen LogP contribution in [0.25, 0.3) is 0 Å². The molecule has 0 aromatic heterocycles. The highest BCUT2D eigenvalue weighted by Gasteiger charge is 2.17. The molecule has 0 atom stereocenters. The topological polar surface area (TPSA) is 66.9 Å². The lowest BCUT2D eigenvalue weighted by atomic mass is 10.0. The van der Waals surface area contributed by atoms with E-state index in [1.165, 1.54) is 6.07 Å². The lowest BCUT2D eigenvalue weighted by Gasteiger charge is -2.04. The summed E-state index contributed by atoms with van der Waals surface area (Å²) in [6.45, 7) is 0. The summed E-state index contributed by atoms with van der Waals surface area (Å²) in [6, 6.07) is 3.95. The van der Waals surface area contributed by atoms with E-state index < -0.39 is 11.6 Å². The molecular formula is C9H6ClFN2O. The van der Waals surface area contributed by atoms with Gasteiger partial charge in [0, 0.05) is 0 Å². The molecule has 0 fully saturated rings. The van der Waals surface area contributed by atoms with Gasteiger partial charge in [-0.25, -0.2) is 4.39 Å². The van der Waals surface area contributed by atoms with Crippen LogP contribution in [0, 0.1) is 17.1 Å². The first kappa shape index (κ1) is 10.5. The molecule has 0 aliphatic rings. The van der Waals surface area contributed by atoms with Crippen LogP contribution in [-0.4, -0.2) is 11.7 Å². The molecule has 0 aliphatic carbocycles. The van der Waals surface area contributed by atoms with Crippen molar-refractivity contribution in [2.24, 2.45) is 0 Å². The Balaban J connectivity index is 3.47. The van der Waals surface area contributed by atoms with Gasteiger partial charge < -0.3 is 5.73 Å². The number of carbonyl (C=O) groups excluding carboxylic acids is 1. The molecule has 1 aromatic rings. The molecule has 0 amide bonds. The number of Topliss-reactive ketones (excluding diaryl/α,β-unsaturated/α-hetero) is 1. The number of hydrogen-bond donors (Lipinski definition) is 1. The summed E-state index contributed by atoms with van der Waals surface area (Å²) >= 11 is 5.27. The van der Waals surface area contributed by atoms with Crippen LogP contribution in [0.4, 0.5) is 10.1 Å². The van der Waals surface area contributed by atoms with Crippen molar-refractivity contribution in [3.63, 3.8) is 0 Å². The van der Waals surface area contributed by atoms with Gasteiger partial charge in [-0.3, -0.25) is 4.79 Å². The average Bonchev–Trinajstić information content (AvgIpc) is 2.19. The number of carbonyl (C=O) groups is 1. The van der Waals surface area contributed by atoms with E-state index in [2.05, 4.69) is 0 Å². The monoisotopic (exact) mass is 212 g/mol. The van der Waals surface area contributed by atoms with Crippen LogP contribution < -0.4 is 5.73 Å². The molecular weight excluding hydrogens is 207 g/mol. The Morgan fingerprint density at radius 3 is 2.79 bits per heavy atom. The second-order valence-electron chi connectivity index (χ2n) is 2.56. The standard InChI is InChI=1S/C9H6ClFN2O/c10-3-8(14)9-5(4-12)7(13)2-1-6(9)11/h1-2H,3,13H2. The SMILES string of the molecule is N#Cc1c(N)ccc(F)c1C(=O)CCl. The van der Waals surface area contributed by atoms with Gasteiger partial charge in [0.15, 0.2) is 5.78 Å². The molecule has 0 spiro atoms. The largest absolute Gasteiger partial charge is 0.398 e. The molecule has 1 rings (SSSR count). The predicted molar refractivity (Wildman–Crippen MR) is 50.6 cm³/mol. The maximum Gasteiger partial charge on any atom is 0.181 e. The lowest BCUT2D eigenvalue weighted by Crippen LogP contribution is -2.09. The minimum atomic E-state index is -0.776. The van der Waals surface area contributed by atoms with Gasteiger partial charge in [0.25, 0.3) is 0 Å². The Bertz CT molecular complexity index is 426. The summed E-state index contributed by atoms with van der Waals surface area (Å²) in [4.78, 5) is 11.2. The van der Waals surface area contributed by atoms with Crippen LogP contribution >= 0.6 is 11.6 Å². The summed E-state index contributed by atoms with van der Waals surface area (Å²) in [7, 11) is 0. The number of ketones is 1. The van der Waals surface area contributed by atoms with Crippen molar-refractivity contribution in [1.29, 1.82) is 5.26 Å². The maximum atomic E-state index is 13.2. The number of nitriles is 1. The summed E-state index contributed by atoms with van der Waals surface area (Å²) in [5.74, 6) is -1.80. The quantitative estimate of drug-likeness (QED) is 0.461. The zero-order valence-corrected chi connectivity index (χ0v) is 7.81. The molecule has 0 heterocycles. The van der Waals surface area contributed by atoms with E-state index in [9.17, 15) is 9.18 Å². The minimum Gasteiger partial charge on any atom is -0.398 e. The van der Waals surface area contributed by atoms with Crippen LogP contribution in [0.2, 0.25) is 0 Å². The van der Waals surface area contributed by atoms with Crippen LogP contribution in [0.5, 0.6) is 0 Å². The fourth-order valence-electron chi connectivity index (χ4n) is 1.05. The van der Waals surface area contributed by atoms with Crippen molar-refractivity contribution >= 4 is 23.1 Å². The number of anilines is 1. The summed E-state index contributed by atoms with van der Waals surface area (Å²) in [5, 5.41) is 8.68. The van der Waals surface area contributed by atoms with E-state index >= 15 is 0 Å². The molecule has 5 heteroatoms. The van der Waals surface area contributed by atoms with Crippen LogP contribution in [0.1, 0.15) is 15.9 Å². The van der Waals surface area contributed by atoms with Gasteiger partial charge in [-0.1, -0.05) is 0 Å². The zero-order chi connectivity index (χ0) is 10.7. The molecule has 14 heavy (non-hydrogen) atoms. The minimum absolute atomic E-state index is 0.0716. The van der Waals surface area contributed by atoms with Crippen molar-refractivity contribution in [3.05, 3.63) is 29.1 Å². The number of rotatable bonds is 2. The van der Waals surface area contributed by atoms with Gasteiger partial charge >= 0.3 is 0 Å². The first-order valence-electron chi connectivity index (χ1n) is 3.69. The number of alkyl halides is 1. The maximum absolute atomic E-state index is 13.2. The smallest absolute Gasteiger partial charge is 0.181 e. The zero-order valence-electron chi connectivity index (χ0n) is 7.05. The van der Waals surface area contributed by atoms with Crippen LogP contribution in [-0.2, 0) is 0 Å². The molecule has 0 bridgehead atoms. The number of benzene rings is 1. The molecule has 72 valence electrons. The fourth-order valence-corrected chi connectivity index (χ4v) is 1.19. The lowest BCUT2D eigenvalue weighted by molar-refractivity contribution is 0.101. The highest BCUT2D eigenvalue weighted by Crippen LogP contribution is 2.20. The second-order valence-corrected chi connectivity index (χ2v) is 2.82. The normalized spacial score (nSPS) is 9.50. The van der Waals surface area contributed by atoms with E-state index in [0.717, 1.165) is 6.07 Å². The van der Waals surface area contributed by atoms with Gasteiger partial charge in [0.05, 0.1) is 22.7 Å². The van der Waals surface area contributed by atoms with E-state index in [0.29, 0.717) is 0 Å². The summed E-state index contributed by atoms with van der Waals surface area (Å²) in [6.07, 6.45) is 0. The third-order valence-corrected chi connectivity index (χ3v) is 1.94. The Morgan fingerprint density at radius 1 is 1.64 bits per heavy atom. The number of nitrogens with two attached hydrogens (primary N) is 1. The molecule has 2 N–H and O–H groups in total. The van der Waals surface area contributed by atoms with Crippen molar-refractivity contribution in [3.8, 4) is 6.07 Å². The molecule has 0 saturated carbocycles. The van der Waals surface area contributed by atoms with Gasteiger partial charge in [-0.05, 0) is 12.1 Å². The molecule has 1 aromatic carbocycles. The molecule has 0 radical (unpaired) electrons. The number of halogens is 2. The molecule has 0 unspecified atom stereocenters. The van der Waals surface area contributed by atoms with Gasteiger partial charge in [0.2, 0.25) is 0 Å².